The zero-order chi connectivity index (χ0) is 15.6. The van der Waals surface area contributed by atoms with Crippen molar-refractivity contribution in [2.24, 2.45) is 0 Å². The molecule has 1 N–H and O–H groups in total. The van der Waals surface area contributed by atoms with Gasteiger partial charge in [0.2, 0.25) is 0 Å². The van der Waals surface area contributed by atoms with E-state index in [0.29, 0.717) is 23.7 Å². The molecule has 1 aromatic heterocycles. The summed E-state index contributed by atoms with van der Waals surface area (Å²) in [6.45, 7) is 6.86. The average molecular weight is 293 g/mol. The maximum atomic E-state index is 11.2. The van der Waals surface area contributed by atoms with Crippen LogP contribution in [0.2, 0.25) is 0 Å². The van der Waals surface area contributed by atoms with E-state index in [1.807, 2.05) is 0 Å². The van der Waals surface area contributed by atoms with Gasteiger partial charge in [-0.05, 0) is 46.6 Å². The largest absolute Gasteiger partial charge is 0.393 e. The van der Waals surface area contributed by atoms with E-state index < -0.39 is 0 Å². The van der Waals surface area contributed by atoms with Gasteiger partial charge in [-0.15, -0.1) is 0 Å². The monoisotopic (exact) mass is 293 g/mol. The van der Waals surface area contributed by atoms with Crippen molar-refractivity contribution in [1.29, 1.82) is 0 Å². The minimum absolute atomic E-state index is 0.172. The Labute approximate surface area is 125 Å². The lowest BCUT2D eigenvalue weighted by Crippen LogP contribution is -2.32. The van der Waals surface area contributed by atoms with Gasteiger partial charge >= 0.3 is 0 Å². The van der Waals surface area contributed by atoms with E-state index in [2.05, 4.69) is 9.88 Å². The maximum Gasteiger partial charge on any atom is 0.278 e. The SMILES string of the molecule is Cc1cnc(CN2CCCC2CC(C)O)c(C)c1[N+](=O)[O-]. The highest BCUT2D eigenvalue weighted by molar-refractivity contribution is 5.47. The Hall–Kier alpha value is -1.53. The molecule has 2 atom stereocenters. The fourth-order valence-corrected chi connectivity index (χ4v) is 3.16. The van der Waals surface area contributed by atoms with Gasteiger partial charge in [0.05, 0.1) is 16.7 Å². The highest BCUT2D eigenvalue weighted by atomic mass is 16.6. The Morgan fingerprint density at radius 3 is 2.90 bits per heavy atom. The zero-order valence-corrected chi connectivity index (χ0v) is 12.9. The number of aliphatic hydroxyl groups excluding tert-OH is 1. The molecule has 116 valence electrons. The van der Waals surface area contributed by atoms with Gasteiger partial charge in [0.25, 0.3) is 5.69 Å². The third-order valence-electron chi connectivity index (χ3n) is 4.22. The summed E-state index contributed by atoms with van der Waals surface area (Å²) in [7, 11) is 0. The first kappa shape index (κ1) is 15.9. The molecule has 0 saturated carbocycles. The summed E-state index contributed by atoms with van der Waals surface area (Å²) in [4.78, 5) is 17.5. The number of aromatic nitrogens is 1. The fourth-order valence-electron chi connectivity index (χ4n) is 3.16. The first-order valence-electron chi connectivity index (χ1n) is 7.41. The lowest BCUT2D eigenvalue weighted by molar-refractivity contribution is -0.386. The number of pyridine rings is 1. The van der Waals surface area contributed by atoms with Crippen molar-refractivity contribution in [2.45, 2.75) is 58.7 Å². The summed E-state index contributed by atoms with van der Waals surface area (Å²) in [6, 6.07) is 0.339. The Kier molecular flexibility index (Phi) is 4.90. The number of nitro groups is 1. The number of aliphatic hydroxyl groups is 1. The van der Waals surface area contributed by atoms with Crippen LogP contribution in [-0.2, 0) is 6.54 Å². The molecule has 1 aliphatic rings. The molecule has 6 nitrogen and oxygen atoms in total. The highest BCUT2D eigenvalue weighted by Gasteiger charge is 2.27. The lowest BCUT2D eigenvalue weighted by atomic mass is 10.1. The number of hydrogen-bond donors (Lipinski definition) is 1. The van der Waals surface area contributed by atoms with Crippen LogP contribution in [0.1, 0.15) is 43.0 Å². The molecule has 0 radical (unpaired) electrons. The smallest absolute Gasteiger partial charge is 0.278 e. The van der Waals surface area contributed by atoms with Crippen molar-refractivity contribution in [3.63, 3.8) is 0 Å². The van der Waals surface area contributed by atoms with Gasteiger partial charge in [-0.25, -0.2) is 0 Å². The molecule has 2 heterocycles. The first-order chi connectivity index (χ1) is 9.90. The molecule has 1 aromatic rings. The van der Waals surface area contributed by atoms with Gasteiger partial charge in [0.1, 0.15) is 0 Å². The number of aryl methyl sites for hydroxylation is 1. The second kappa shape index (κ2) is 6.49. The molecular formula is C15H23N3O3. The topological polar surface area (TPSA) is 79.5 Å². The van der Waals surface area contributed by atoms with Gasteiger partial charge in [0.15, 0.2) is 0 Å². The fraction of sp³-hybridized carbons (Fsp3) is 0.667. The van der Waals surface area contributed by atoms with E-state index in [1.54, 1.807) is 27.0 Å². The molecular weight excluding hydrogens is 270 g/mol. The molecule has 0 aromatic carbocycles. The summed E-state index contributed by atoms with van der Waals surface area (Å²) in [5.74, 6) is 0. The van der Waals surface area contributed by atoms with Crippen LogP contribution in [0, 0.1) is 24.0 Å². The number of nitrogens with zero attached hydrogens (tertiary/aromatic N) is 3. The third-order valence-corrected chi connectivity index (χ3v) is 4.22. The molecule has 0 bridgehead atoms. The second-order valence-electron chi connectivity index (χ2n) is 5.97. The normalized spacial score (nSPS) is 20.7. The van der Waals surface area contributed by atoms with E-state index >= 15 is 0 Å². The molecule has 6 heteroatoms. The van der Waals surface area contributed by atoms with Crippen LogP contribution in [0.5, 0.6) is 0 Å². The molecule has 0 spiro atoms. The van der Waals surface area contributed by atoms with Crippen molar-refractivity contribution in [1.82, 2.24) is 9.88 Å². The van der Waals surface area contributed by atoms with Crippen molar-refractivity contribution in [2.75, 3.05) is 6.54 Å². The molecule has 1 saturated heterocycles. The van der Waals surface area contributed by atoms with Crippen molar-refractivity contribution >= 4 is 5.69 Å². The van der Waals surface area contributed by atoms with E-state index in [9.17, 15) is 15.2 Å². The Morgan fingerprint density at radius 1 is 1.57 bits per heavy atom. The molecule has 1 fully saturated rings. The van der Waals surface area contributed by atoms with Crippen LogP contribution in [-0.4, -0.2) is 38.6 Å². The summed E-state index contributed by atoms with van der Waals surface area (Å²) in [5.41, 5.74) is 2.20. The minimum atomic E-state index is -0.326. The van der Waals surface area contributed by atoms with E-state index in [-0.39, 0.29) is 16.7 Å². The molecule has 2 rings (SSSR count). The Bertz CT molecular complexity index is 531. The lowest BCUT2D eigenvalue weighted by Gasteiger charge is -2.25. The van der Waals surface area contributed by atoms with Crippen LogP contribution in [0.4, 0.5) is 5.69 Å². The second-order valence-corrected chi connectivity index (χ2v) is 5.97. The van der Waals surface area contributed by atoms with Crippen molar-refractivity contribution < 1.29 is 10.0 Å². The maximum absolute atomic E-state index is 11.2. The van der Waals surface area contributed by atoms with Gasteiger partial charge in [0, 0.05) is 29.9 Å². The predicted octanol–water partition coefficient (Wildman–Crippen LogP) is 2.34. The van der Waals surface area contributed by atoms with Crippen LogP contribution >= 0.6 is 0 Å². The number of likely N-dealkylation sites (tertiary alicyclic amines) is 1. The highest BCUT2D eigenvalue weighted by Crippen LogP contribution is 2.28. The van der Waals surface area contributed by atoms with Gasteiger partial charge in [-0.1, -0.05) is 0 Å². The summed E-state index contributed by atoms with van der Waals surface area (Å²) in [5, 5.41) is 20.7. The predicted molar refractivity (Wildman–Crippen MR) is 80.1 cm³/mol. The van der Waals surface area contributed by atoms with Crippen molar-refractivity contribution in [3.05, 3.63) is 33.1 Å². The molecule has 1 aliphatic heterocycles. The van der Waals surface area contributed by atoms with Gasteiger partial charge in [-0.2, -0.15) is 0 Å². The molecule has 0 amide bonds. The van der Waals surface area contributed by atoms with Crippen molar-refractivity contribution in [3.8, 4) is 0 Å². The van der Waals surface area contributed by atoms with Crippen LogP contribution in [0.3, 0.4) is 0 Å². The van der Waals surface area contributed by atoms with E-state index in [0.717, 1.165) is 31.5 Å². The number of rotatable bonds is 5. The molecule has 21 heavy (non-hydrogen) atoms. The first-order valence-corrected chi connectivity index (χ1v) is 7.41. The minimum Gasteiger partial charge on any atom is -0.393 e. The van der Waals surface area contributed by atoms with Gasteiger partial charge in [-0.3, -0.25) is 20.0 Å². The zero-order valence-electron chi connectivity index (χ0n) is 12.9. The Morgan fingerprint density at radius 2 is 2.29 bits per heavy atom. The third kappa shape index (κ3) is 3.57. The molecule has 0 aliphatic carbocycles. The number of hydrogen-bond acceptors (Lipinski definition) is 5. The molecule has 2 unspecified atom stereocenters. The van der Waals surface area contributed by atoms with E-state index in [1.165, 1.54) is 0 Å². The summed E-state index contributed by atoms with van der Waals surface area (Å²) >= 11 is 0. The van der Waals surface area contributed by atoms with Crippen LogP contribution in [0.15, 0.2) is 6.20 Å². The Balaban J connectivity index is 2.20. The average Bonchev–Trinajstić information content (AvgIpc) is 2.79. The quantitative estimate of drug-likeness (QED) is 0.666. The van der Waals surface area contributed by atoms with E-state index in [4.69, 9.17) is 0 Å². The van der Waals surface area contributed by atoms with Crippen LogP contribution < -0.4 is 0 Å². The van der Waals surface area contributed by atoms with Gasteiger partial charge < -0.3 is 5.11 Å². The summed E-state index contributed by atoms with van der Waals surface area (Å²) < 4.78 is 0. The summed E-state index contributed by atoms with van der Waals surface area (Å²) in [6.07, 6.45) is 4.17. The standard InChI is InChI=1S/C15H23N3O3/c1-10-8-16-14(12(3)15(10)18(20)21)9-17-6-4-5-13(17)7-11(2)19/h8,11,13,19H,4-7,9H2,1-3H3. The van der Waals surface area contributed by atoms with Crippen LogP contribution in [0.25, 0.3) is 0 Å².